The van der Waals surface area contributed by atoms with Crippen LogP contribution in [0.5, 0.6) is 0 Å². The SMILES string of the molecule is CC(C)(I)OC(=O)N1CCCC(C(N)=S)C1. The third kappa shape index (κ3) is 4.40. The molecule has 1 heterocycles. The number of rotatable bonds is 2. The number of halogens is 1. The lowest BCUT2D eigenvalue weighted by molar-refractivity contribution is 0.0611. The van der Waals surface area contributed by atoms with Gasteiger partial charge in [-0.2, -0.15) is 0 Å². The van der Waals surface area contributed by atoms with Crippen LogP contribution in [0, 0.1) is 5.92 Å². The predicted molar refractivity (Wildman–Crippen MR) is 75.7 cm³/mol. The Morgan fingerprint density at radius 1 is 1.62 bits per heavy atom. The number of piperidine rings is 1. The van der Waals surface area contributed by atoms with Crippen molar-refractivity contribution in [3.63, 3.8) is 0 Å². The maximum atomic E-state index is 11.8. The molecule has 16 heavy (non-hydrogen) atoms. The summed E-state index contributed by atoms with van der Waals surface area (Å²) in [6, 6.07) is 0. The lowest BCUT2D eigenvalue weighted by atomic mass is 9.99. The molecule has 2 N–H and O–H groups in total. The number of nitrogens with two attached hydrogens (primary N) is 1. The topological polar surface area (TPSA) is 55.6 Å². The summed E-state index contributed by atoms with van der Waals surface area (Å²) in [6.45, 7) is 5.01. The van der Waals surface area contributed by atoms with Crippen molar-refractivity contribution in [1.82, 2.24) is 4.90 Å². The summed E-state index contributed by atoms with van der Waals surface area (Å²) in [5, 5.41) is 0. The van der Waals surface area contributed by atoms with Gasteiger partial charge in [0.15, 0.2) is 3.61 Å². The Bertz CT molecular complexity index is 291. The Balaban J connectivity index is 2.54. The van der Waals surface area contributed by atoms with E-state index in [0.29, 0.717) is 11.5 Å². The van der Waals surface area contributed by atoms with Crippen LogP contribution in [0.3, 0.4) is 0 Å². The van der Waals surface area contributed by atoms with Crippen molar-refractivity contribution in [2.45, 2.75) is 30.3 Å². The second-order valence-electron chi connectivity index (χ2n) is 4.42. The molecule has 92 valence electrons. The van der Waals surface area contributed by atoms with Gasteiger partial charge in [-0.3, -0.25) is 0 Å². The number of ether oxygens (including phenoxy) is 1. The molecule has 0 bridgehead atoms. The summed E-state index contributed by atoms with van der Waals surface area (Å²) in [5.41, 5.74) is 5.61. The fourth-order valence-corrected chi connectivity index (χ4v) is 2.03. The van der Waals surface area contributed by atoms with Gasteiger partial charge < -0.3 is 15.4 Å². The molecule has 0 aromatic carbocycles. The van der Waals surface area contributed by atoms with E-state index < -0.39 is 3.61 Å². The molecule has 0 radical (unpaired) electrons. The molecule has 0 spiro atoms. The Morgan fingerprint density at radius 2 is 2.25 bits per heavy atom. The first kappa shape index (κ1) is 14.0. The molecule has 4 nitrogen and oxygen atoms in total. The molecule has 0 aromatic rings. The van der Waals surface area contributed by atoms with Crippen molar-refractivity contribution in [2.75, 3.05) is 13.1 Å². The zero-order valence-electron chi connectivity index (χ0n) is 9.53. The molecule has 1 rings (SSSR count). The van der Waals surface area contributed by atoms with Crippen LogP contribution in [0.1, 0.15) is 26.7 Å². The van der Waals surface area contributed by atoms with E-state index in [0.717, 1.165) is 19.4 Å². The normalized spacial score (nSPS) is 21.7. The largest absolute Gasteiger partial charge is 0.433 e. The Morgan fingerprint density at radius 3 is 2.75 bits per heavy atom. The first-order valence-electron chi connectivity index (χ1n) is 5.26. The number of thiocarbonyl (C=S) groups is 1. The van der Waals surface area contributed by atoms with Crippen molar-refractivity contribution in [2.24, 2.45) is 11.7 Å². The number of alkyl halides is 1. The second-order valence-corrected chi connectivity index (χ2v) is 7.49. The van der Waals surface area contributed by atoms with Gasteiger partial charge in [0, 0.05) is 19.0 Å². The molecule has 0 saturated carbocycles. The van der Waals surface area contributed by atoms with Crippen LogP contribution in [-0.4, -0.2) is 32.7 Å². The molecular weight excluding hydrogens is 339 g/mol. The summed E-state index contributed by atoms with van der Waals surface area (Å²) in [6.07, 6.45) is 1.62. The number of carbonyl (C=O) groups excluding carboxylic acids is 1. The minimum absolute atomic E-state index is 0.133. The summed E-state index contributed by atoms with van der Waals surface area (Å²) >= 11 is 7.05. The van der Waals surface area contributed by atoms with Crippen molar-refractivity contribution >= 4 is 45.9 Å². The van der Waals surface area contributed by atoms with Gasteiger partial charge >= 0.3 is 6.09 Å². The molecule has 1 atom stereocenters. The minimum Gasteiger partial charge on any atom is -0.433 e. The highest BCUT2D eigenvalue weighted by molar-refractivity contribution is 14.1. The van der Waals surface area contributed by atoms with Crippen LogP contribution in [0.25, 0.3) is 0 Å². The van der Waals surface area contributed by atoms with Crippen LogP contribution in [0.15, 0.2) is 0 Å². The summed E-state index contributed by atoms with van der Waals surface area (Å²) < 4.78 is 4.81. The van der Waals surface area contributed by atoms with Crippen LogP contribution in [0.4, 0.5) is 4.79 Å². The molecule has 1 saturated heterocycles. The zero-order valence-corrected chi connectivity index (χ0v) is 12.5. The van der Waals surface area contributed by atoms with Gasteiger partial charge in [0.25, 0.3) is 0 Å². The van der Waals surface area contributed by atoms with Gasteiger partial charge in [0.05, 0.1) is 4.99 Å². The molecular formula is C10H17IN2O2S. The first-order valence-corrected chi connectivity index (χ1v) is 6.74. The van der Waals surface area contributed by atoms with Crippen molar-refractivity contribution < 1.29 is 9.53 Å². The molecule has 1 aliphatic heterocycles. The van der Waals surface area contributed by atoms with Crippen LogP contribution >= 0.6 is 34.8 Å². The maximum absolute atomic E-state index is 11.8. The van der Waals surface area contributed by atoms with Crippen LogP contribution in [0.2, 0.25) is 0 Å². The summed E-state index contributed by atoms with van der Waals surface area (Å²) in [5.74, 6) is 0.133. The number of hydrogen-bond donors (Lipinski definition) is 1. The molecule has 0 aromatic heterocycles. The minimum atomic E-state index is -0.481. The highest BCUT2D eigenvalue weighted by Crippen LogP contribution is 2.22. The first-order chi connectivity index (χ1) is 7.29. The maximum Gasteiger partial charge on any atom is 0.411 e. The highest BCUT2D eigenvalue weighted by Gasteiger charge is 2.29. The Hall–Kier alpha value is -0.110. The summed E-state index contributed by atoms with van der Waals surface area (Å²) in [7, 11) is 0. The molecule has 1 fully saturated rings. The molecule has 1 aliphatic rings. The lowest BCUT2D eigenvalue weighted by Gasteiger charge is -2.33. The van der Waals surface area contributed by atoms with E-state index in [1.165, 1.54) is 0 Å². The van der Waals surface area contributed by atoms with Gasteiger partial charge in [-0.25, -0.2) is 4.79 Å². The van der Waals surface area contributed by atoms with Crippen molar-refractivity contribution in [1.29, 1.82) is 0 Å². The Labute approximate surface area is 115 Å². The quantitative estimate of drug-likeness (QED) is 0.469. The number of amides is 1. The number of nitrogens with zero attached hydrogens (tertiary/aromatic N) is 1. The van der Waals surface area contributed by atoms with E-state index in [9.17, 15) is 4.79 Å². The number of carbonyl (C=O) groups is 1. The third-order valence-corrected chi connectivity index (χ3v) is 2.97. The van der Waals surface area contributed by atoms with Crippen molar-refractivity contribution in [3.8, 4) is 0 Å². The molecule has 6 heteroatoms. The van der Waals surface area contributed by atoms with Crippen LogP contribution in [-0.2, 0) is 4.74 Å². The van der Waals surface area contributed by atoms with Gasteiger partial charge in [0.2, 0.25) is 0 Å². The number of hydrogen-bond acceptors (Lipinski definition) is 3. The predicted octanol–water partition coefficient (Wildman–Crippen LogP) is 2.29. The average molecular weight is 356 g/mol. The Kier molecular flexibility index (Phi) is 4.78. The smallest absolute Gasteiger partial charge is 0.411 e. The van der Waals surface area contributed by atoms with E-state index in [-0.39, 0.29) is 12.0 Å². The molecule has 1 amide bonds. The fraction of sp³-hybridized carbons (Fsp3) is 0.800. The van der Waals surface area contributed by atoms with Gasteiger partial charge in [0.1, 0.15) is 0 Å². The van der Waals surface area contributed by atoms with Gasteiger partial charge in [-0.15, -0.1) is 0 Å². The second kappa shape index (κ2) is 5.48. The highest BCUT2D eigenvalue weighted by atomic mass is 127. The molecule has 0 aliphatic carbocycles. The van der Waals surface area contributed by atoms with Gasteiger partial charge in [-0.05, 0) is 49.3 Å². The van der Waals surface area contributed by atoms with Gasteiger partial charge in [-0.1, -0.05) is 12.2 Å². The summed E-state index contributed by atoms with van der Waals surface area (Å²) in [4.78, 5) is 14.0. The molecule has 1 unspecified atom stereocenters. The standard InChI is InChI=1S/C10H17IN2O2S/c1-10(2,11)15-9(14)13-5-3-4-7(6-13)8(12)16/h7H,3-6H2,1-2H3,(H2,12,16). The zero-order chi connectivity index (χ0) is 12.3. The van der Waals surface area contributed by atoms with Crippen molar-refractivity contribution in [3.05, 3.63) is 0 Å². The van der Waals surface area contributed by atoms with E-state index in [4.69, 9.17) is 22.7 Å². The van der Waals surface area contributed by atoms with E-state index in [1.807, 2.05) is 13.8 Å². The van der Waals surface area contributed by atoms with Crippen LogP contribution < -0.4 is 5.73 Å². The van der Waals surface area contributed by atoms with E-state index in [2.05, 4.69) is 22.6 Å². The van der Waals surface area contributed by atoms with E-state index >= 15 is 0 Å². The monoisotopic (exact) mass is 356 g/mol. The number of likely N-dealkylation sites (tertiary alicyclic amines) is 1. The van der Waals surface area contributed by atoms with E-state index in [1.54, 1.807) is 4.90 Å². The average Bonchev–Trinajstić information content (AvgIpc) is 2.15. The lowest BCUT2D eigenvalue weighted by Crippen LogP contribution is -2.45. The fourth-order valence-electron chi connectivity index (χ4n) is 1.65. The third-order valence-electron chi connectivity index (χ3n) is 2.41.